The first-order valence-electron chi connectivity index (χ1n) is 14.0. The molecule has 0 aliphatic carbocycles. The second-order valence-corrected chi connectivity index (χ2v) is 11.6. The quantitative estimate of drug-likeness (QED) is 0.213. The third-order valence-corrected chi connectivity index (χ3v) is 9.25. The van der Waals surface area contributed by atoms with E-state index in [1.54, 1.807) is 18.9 Å². The van der Waals surface area contributed by atoms with Crippen LogP contribution in [0.3, 0.4) is 0 Å². The van der Waals surface area contributed by atoms with Crippen molar-refractivity contribution in [2.24, 2.45) is 0 Å². The summed E-state index contributed by atoms with van der Waals surface area (Å²) in [5.41, 5.74) is 4.04. The number of para-hydroxylation sites is 1. The van der Waals surface area contributed by atoms with Crippen molar-refractivity contribution in [1.29, 1.82) is 0 Å². The molecule has 0 N–H and O–H groups in total. The maximum Gasteiger partial charge on any atom is 0.266 e. The molecule has 2 aliphatic rings. The van der Waals surface area contributed by atoms with E-state index in [-0.39, 0.29) is 11.2 Å². The first-order valence-corrected chi connectivity index (χ1v) is 14.9. The lowest BCUT2D eigenvalue weighted by molar-refractivity contribution is -0.120. The van der Waals surface area contributed by atoms with Crippen molar-refractivity contribution in [2.75, 3.05) is 12.0 Å². The average molecular weight is 568 g/mol. The Bertz CT molecular complexity index is 1750. The lowest BCUT2D eigenvalue weighted by Gasteiger charge is -2.48. The lowest BCUT2D eigenvalue weighted by atomic mass is 9.87. The second-order valence-electron chi connectivity index (χ2n) is 10.4. The summed E-state index contributed by atoms with van der Waals surface area (Å²) in [6.45, 7) is 0. The molecule has 0 aromatic heterocycles. The molecule has 5 heteroatoms. The summed E-state index contributed by atoms with van der Waals surface area (Å²) >= 11 is 1.77. The molecule has 2 aliphatic heterocycles. The van der Waals surface area contributed by atoms with Crippen LogP contribution in [0.4, 0.5) is 5.69 Å². The third kappa shape index (κ3) is 4.47. The van der Waals surface area contributed by atoms with Crippen molar-refractivity contribution in [3.05, 3.63) is 162 Å². The fourth-order valence-electron chi connectivity index (χ4n) is 5.92. The number of amides is 1. The highest BCUT2D eigenvalue weighted by atomic mass is 32.2. The third-order valence-electron chi connectivity index (χ3n) is 7.92. The van der Waals surface area contributed by atoms with Gasteiger partial charge in [-0.25, -0.2) is 0 Å². The Morgan fingerprint density at radius 3 is 2.00 bits per heavy atom. The van der Waals surface area contributed by atoms with Gasteiger partial charge < -0.3 is 9.47 Å². The topological polar surface area (TPSA) is 38.8 Å². The molecule has 2 heterocycles. The smallest absolute Gasteiger partial charge is 0.266 e. The van der Waals surface area contributed by atoms with Crippen LogP contribution < -0.4 is 9.64 Å². The number of ether oxygens (including phenoxy) is 2. The molecule has 2 atom stereocenters. The Kier molecular flexibility index (Phi) is 6.80. The van der Waals surface area contributed by atoms with Crippen LogP contribution >= 0.6 is 11.8 Å². The highest BCUT2D eigenvalue weighted by Gasteiger charge is 2.54. The summed E-state index contributed by atoms with van der Waals surface area (Å²) in [6.07, 6.45) is 0.535. The van der Waals surface area contributed by atoms with E-state index in [0.29, 0.717) is 17.8 Å². The van der Waals surface area contributed by atoms with Crippen LogP contribution in [0.2, 0.25) is 0 Å². The summed E-state index contributed by atoms with van der Waals surface area (Å²) in [5.74, 6) is 1.31. The number of benzene rings is 5. The van der Waals surface area contributed by atoms with Crippen molar-refractivity contribution in [1.82, 2.24) is 0 Å². The van der Waals surface area contributed by atoms with Crippen LogP contribution in [0.15, 0.2) is 144 Å². The molecule has 0 saturated heterocycles. The number of thioether (sulfide) groups is 1. The van der Waals surface area contributed by atoms with Gasteiger partial charge in [0.2, 0.25) is 5.72 Å². The van der Waals surface area contributed by atoms with Gasteiger partial charge in [0.25, 0.3) is 5.91 Å². The first kappa shape index (κ1) is 26.2. The molecule has 5 aromatic carbocycles. The summed E-state index contributed by atoms with van der Waals surface area (Å²) in [6, 6.07) is 46.4. The van der Waals surface area contributed by atoms with Gasteiger partial charge in [-0.3, -0.25) is 9.69 Å². The maximum atomic E-state index is 15.1. The molecule has 206 valence electrons. The number of carbonyl (C=O) groups is 1. The molecule has 0 unspecified atom stereocenters. The van der Waals surface area contributed by atoms with Crippen molar-refractivity contribution in [2.45, 2.75) is 22.3 Å². The van der Waals surface area contributed by atoms with Gasteiger partial charge in [0.15, 0.2) is 0 Å². The van der Waals surface area contributed by atoms with Gasteiger partial charge in [0, 0.05) is 27.7 Å². The second kappa shape index (κ2) is 10.9. The van der Waals surface area contributed by atoms with Crippen LogP contribution in [0, 0.1) is 0 Å². The minimum atomic E-state index is -1.11. The largest absolute Gasteiger partial charge is 0.497 e. The molecule has 0 bridgehead atoms. The SMILES string of the molecule is COc1ccc([C@H]2C[C@]3(c4ccccc4)OC(c4ccccc4)=C(c4ccccc4)C(=O)N3c3ccccc3S2)cc1. The molecule has 0 fully saturated rings. The molecule has 0 radical (unpaired) electrons. The molecule has 4 nitrogen and oxygen atoms in total. The number of rotatable bonds is 5. The fraction of sp³-hybridized carbons (Fsp3) is 0.108. The monoisotopic (exact) mass is 567 g/mol. The van der Waals surface area contributed by atoms with E-state index in [4.69, 9.17) is 9.47 Å². The summed E-state index contributed by atoms with van der Waals surface area (Å²) in [5, 5.41) is -0.00893. The zero-order chi connectivity index (χ0) is 28.5. The molecule has 42 heavy (non-hydrogen) atoms. The highest BCUT2D eigenvalue weighted by molar-refractivity contribution is 7.99. The zero-order valence-electron chi connectivity index (χ0n) is 23.1. The number of fused-ring (bicyclic) bond motifs is 3. The number of anilines is 1. The van der Waals surface area contributed by atoms with Crippen molar-refractivity contribution < 1.29 is 14.3 Å². The van der Waals surface area contributed by atoms with E-state index in [1.807, 2.05) is 114 Å². The predicted octanol–water partition coefficient (Wildman–Crippen LogP) is 8.72. The number of hydrogen-bond donors (Lipinski definition) is 0. The number of nitrogens with zero attached hydrogens (tertiary/aromatic N) is 1. The van der Waals surface area contributed by atoms with Gasteiger partial charge in [-0.05, 0) is 35.4 Å². The number of hydrogen-bond acceptors (Lipinski definition) is 4. The first-order chi connectivity index (χ1) is 20.7. The Labute approximate surface area is 250 Å². The summed E-state index contributed by atoms with van der Waals surface area (Å²) in [7, 11) is 1.68. The summed E-state index contributed by atoms with van der Waals surface area (Å²) < 4.78 is 12.8. The standard InChI is InChI=1S/C37H29NO3S/c1-40-30-23-21-26(22-24-30)33-25-37(29-17-9-4-10-18-29)38(31-19-11-12-20-32(31)42-33)36(39)34(27-13-5-2-6-14-27)35(41-37)28-15-7-3-8-16-28/h2-24,33H,25H2,1H3/t33-,37-/m1/s1. The van der Waals surface area contributed by atoms with Gasteiger partial charge in [0.05, 0.1) is 18.4 Å². The minimum Gasteiger partial charge on any atom is -0.497 e. The van der Waals surface area contributed by atoms with Gasteiger partial charge in [-0.1, -0.05) is 115 Å². The number of carbonyl (C=O) groups excluding carboxylic acids is 1. The van der Waals surface area contributed by atoms with Crippen molar-refractivity contribution in [3.63, 3.8) is 0 Å². The van der Waals surface area contributed by atoms with Gasteiger partial charge in [-0.2, -0.15) is 0 Å². The Morgan fingerprint density at radius 1 is 0.738 bits per heavy atom. The van der Waals surface area contributed by atoms with E-state index in [1.165, 1.54) is 0 Å². The average Bonchev–Trinajstić information content (AvgIpc) is 3.21. The normalized spacial score (nSPS) is 19.8. The zero-order valence-corrected chi connectivity index (χ0v) is 24.0. The maximum absolute atomic E-state index is 15.1. The highest BCUT2D eigenvalue weighted by Crippen LogP contribution is 2.58. The van der Waals surface area contributed by atoms with Crippen LogP contribution in [-0.2, 0) is 15.3 Å². The van der Waals surface area contributed by atoms with Crippen molar-refractivity contribution >= 4 is 34.7 Å². The molecular weight excluding hydrogens is 538 g/mol. The Hall–Kier alpha value is -4.74. The molecular formula is C37H29NO3S. The molecule has 0 spiro atoms. The molecule has 5 aromatic rings. The predicted molar refractivity (Wildman–Crippen MR) is 169 cm³/mol. The Morgan fingerprint density at radius 2 is 1.33 bits per heavy atom. The van der Waals surface area contributed by atoms with Gasteiger partial charge >= 0.3 is 0 Å². The van der Waals surface area contributed by atoms with Gasteiger partial charge in [0.1, 0.15) is 11.5 Å². The van der Waals surface area contributed by atoms with E-state index in [9.17, 15) is 0 Å². The number of methoxy groups -OCH3 is 1. The van der Waals surface area contributed by atoms with Crippen molar-refractivity contribution in [3.8, 4) is 5.75 Å². The Balaban J connectivity index is 1.52. The van der Waals surface area contributed by atoms with E-state index >= 15 is 4.79 Å². The van der Waals surface area contributed by atoms with E-state index in [0.717, 1.165) is 38.6 Å². The van der Waals surface area contributed by atoms with Gasteiger partial charge in [-0.15, -0.1) is 11.8 Å². The molecule has 0 saturated carbocycles. The molecule has 1 amide bonds. The van der Waals surface area contributed by atoms with Crippen LogP contribution in [-0.4, -0.2) is 13.0 Å². The fourth-order valence-corrected chi connectivity index (χ4v) is 7.27. The lowest BCUT2D eigenvalue weighted by Crippen LogP contribution is -2.55. The van der Waals surface area contributed by atoms with E-state index < -0.39 is 5.72 Å². The van der Waals surface area contributed by atoms with Crippen LogP contribution in [0.5, 0.6) is 5.75 Å². The minimum absolute atomic E-state index is 0.00893. The van der Waals surface area contributed by atoms with E-state index in [2.05, 4.69) is 30.3 Å². The van der Waals surface area contributed by atoms with Crippen LogP contribution in [0.1, 0.15) is 33.9 Å². The van der Waals surface area contributed by atoms with Crippen LogP contribution in [0.25, 0.3) is 11.3 Å². The summed E-state index contributed by atoms with van der Waals surface area (Å²) in [4.78, 5) is 18.1. The molecule has 7 rings (SSSR count).